The second-order valence-electron chi connectivity index (χ2n) is 7.09. The Kier molecular flexibility index (Phi) is 8.93. The molecule has 0 aliphatic heterocycles. The van der Waals surface area contributed by atoms with E-state index in [0.29, 0.717) is 22.8 Å². The number of carbonyl (C=O) groups is 3. The number of carbonyl (C=O) groups excluding carboxylic acids is 2. The monoisotopic (exact) mass is 530 g/mol. The van der Waals surface area contributed by atoms with Gasteiger partial charge in [-0.25, -0.2) is 4.79 Å². The molecule has 2 aromatic rings. The van der Waals surface area contributed by atoms with Crippen LogP contribution < -0.4 is 29.6 Å². The van der Waals surface area contributed by atoms with Gasteiger partial charge in [0.15, 0.2) is 0 Å². The first-order valence-electron chi connectivity index (χ1n) is 10.1. The van der Waals surface area contributed by atoms with Crippen LogP contribution in [0.4, 0.5) is 28.9 Å². The minimum Gasteiger partial charge on any atom is -0.496 e. The van der Waals surface area contributed by atoms with Gasteiger partial charge in [0.25, 0.3) is 0 Å². The highest BCUT2D eigenvalue weighted by Crippen LogP contribution is 2.37. The Morgan fingerprint density at radius 1 is 0.811 bits per heavy atom. The van der Waals surface area contributed by atoms with Crippen molar-refractivity contribution in [3.05, 3.63) is 42.0 Å². The van der Waals surface area contributed by atoms with Gasteiger partial charge in [-0.3, -0.25) is 9.59 Å². The highest BCUT2D eigenvalue weighted by atomic mass is 19.3. The van der Waals surface area contributed by atoms with Crippen LogP contribution >= 0.6 is 0 Å². The summed E-state index contributed by atoms with van der Waals surface area (Å²) in [7, 11) is 5.34. The van der Waals surface area contributed by atoms with Crippen molar-refractivity contribution in [3.8, 4) is 23.0 Å². The molecule has 3 N–H and O–H groups in total. The third-order valence-electron chi connectivity index (χ3n) is 4.82. The predicted octanol–water partition coefficient (Wildman–Crippen LogP) is 3.67. The van der Waals surface area contributed by atoms with Crippen LogP contribution in [0.1, 0.15) is 5.56 Å². The molecule has 0 aliphatic rings. The smallest absolute Gasteiger partial charge is 0.413 e. The number of hydrogen-bond donors (Lipinski definition) is 3. The zero-order valence-corrected chi connectivity index (χ0v) is 19.9. The number of anilines is 2. The van der Waals surface area contributed by atoms with Crippen LogP contribution in [0, 0.1) is 0 Å². The summed E-state index contributed by atoms with van der Waals surface area (Å²) in [5.41, 5.74) is -0.188. The minimum atomic E-state index is -5.68. The Morgan fingerprint density at radius 2 is 1.38 bits per heavy atom. The molecule has 0 aromatic heterocycles. The molecule has 0 atom stereocenters. The molecule has 0 spiro atoms. The van der Waals surface area contributed by atoms with Gasteiger partial charge < -0.3 is 34.7 Å². The molecular formula is C23H22F4N2O8. The van der Waals surface area contributed by atoms with E-state index in [0.717, 1.165) is 25.3 Å². The lowest BCUT2D eigenvalue weighted by Crippen LogP contribution is -2.54. The first-order valence-corrected chi connectivity index (χ1v) is 10.1. The maximum absolute atomic E-state index is 13.8. The molecule has 0 unspecified atom stereocenters. The fraction of sp³-hybridized carbons (Fsp3) is 0.261. The molecular weight excluding hydrogens is 508 g/mol. The summed E-state index contributed by atoms with van der Waals surface area (Å²) in [6.07, 6.45) is 2.46. The van der Waals surface area contributed by atoms with Crippen LogP contribution in [-0.2, 0) is 14.4 Å². The van der Waals surface area contributed by atoms with Crippen molar-refractivity contribution in [2.45, 2.75) is 11.8 Å². The van der Waals surface area contributed by atoms with Crippen LogP contribution in [0.25, 0.3) is 6.08 Å². The standard InChI is InChI=1S/C23H22F4N2O8/c1-34-13-10-17(36-3)14(18(11-13)37-4)6-8-19(30)28-12-5-7-16(35-2)15(9-12)29-20(31)22(24,25)23(26,27)21(32)33/h5-11H,1-4H3,(H,28,30)(H,29,31)(H,32,33). The average molecular weight is 530 g/mol. The Bertz CT molecular complexity index is 1190. The number of carboxylic acids is 1. The number of halogens is 4. The van der Waals surface area contributed by atoms with Crippen LogP contribution in [0.2, 0.25) is 0 Å². The first-order chi connectivity index (χ1) is 17.3. The zero-order chi connectivity index (χ0) is 28.0. The van der Waals surface area contributed by atoms with E-state index >= 15 is 0 Å². The molecule has 200 valence electrons. The van der Waals surface area contributed by atoms with Gasteiger partial charge in [-0.15, -0.1) is 0 Å². The van der Waals surface area contributed by atoms with Crippen molar-refractivity contribution in [1.29, 1.82) is 0 Å². The zero-order valence-electron chi connectivity index (χ0n) is 19.9. The van der Waals surface area contributed by atoms with E-state index in [-0.39, 0.29) is 11.4 Å². The van der Waals surface area contributed by atoms with Crippen LogP contribution in [-0.4, -0.2) is 63.2 Å². The average Bonchev–Trinajstić information content (AvgIpc) is 2.86. The molecule has 10 nitrogen and oxygen atoms in total. The molecule has 2 amide bonds. The van der Waals surface area contributed by atoms with Crippen LogP contribution in [0.3, 0.4) is 0 Å². The maximum Gasteiger partial charge on any atom is 0.413 e. The maximum atomic E-state index is 13.8. The minimum absolute atomic E-state index is 0.0484. The molecule has 0 saturated carbocycles. The highest BCUT2D eigenvalue weighted by Gasteiger charge is 2.67. The fourth-order valence-corrected chi connectivity index (χ4v) is 2.90. The lowest BCUT2D eigenvalue weighted by molar-refractivity contribution is -0.219. The van der Waals surface area contributed by atoms with Crippen molar-refractivity contribution in [2.75, 3.05) is 39.1 Å². The van der Waals surface area contributed by atoms with E-state index in [2.05, 4.69) is 5.32 Å². The molecule has 0 bridgehead atoms. The second-order valence-corrected chi connectivity index (χ2v) is 7.09. The van der Waals surface area contributed by atoms with Crippen molar-refractivity contribution < 1.29 is 56.0 Å². The van der Waals surface area contributed by atoms with E-state index in [1.54, 1.807) is 12.1 Å². The Balaban J connectivity index is 2.29. The van der Waals surface area contributed by atoms with Gasteiger partial charge in [-0.2, -0.15) is 17.6 Å². The Morgan fingerprint density at radius 3 is 1.86 bits per heavy atom. The lowest BCUT2D eigenvalue weighted by atomic mass is 10.1. The van der Waals surface area contributed by atoms with Crippen molar-refractivity contribution in [2.24, 2.45) is 0 Å². The molecule has 0 radical (unpaired) electrons. The number of carboxylic acid groups (broad SMARTS) is 1. The molecule has 0 fully saturated rings. The van der Waals surface area contributed by atoms with Gasteiger partial charge in [0.1, 0.15) is 23.0 Å². The van der Waals surface area contributed by atoms with Gasteiger partial charge >= 0.3 is 23.7 Å². The number of ether oxygens (including phenoxy) is 4. The van der Waals surface area contributed by atoms with Gasteiger partial charge in [0.2, 0.25) is 5.91 Å². The number of aliphatic carboxylic acids is 1. The SMILES string of the molecule is COc1cc(OC)c(C=CC(=O)Nc2ccc(OC)c(NC(=O)C(F)(F)C(F)(F)C(=O)O)c2)c(OC)c1. The number of alkyl halides is 4. The van der Waals surface area contributed by atoms with Gasteiger partial charge in [-0.1, -0.05) is 0 Å². The third kappa shape index (κ3) is 6.20. The summed E-state index contributed by atoms with van der Waals surface area (Å²) in [5.74, 6) is -16.9. The largest absolute Gasteiger partial charge is 0.496 e. The molecule has 37 heavy (non-hydrogen) atoms. The number of rotatable bonds is 11. The summed E-state index contributed by atoms with van der Waals surface area (Å²) in [5, 5.41) is 12.2. The quantitative estimate of drug-likeness (QED) is 0.296. The van der Waals surface area contributed by atoms with Crippen molar-refractivity contribution in [1.82, 2.24) is 0 Å². The number of hydrogen-bond acceptors (Lipinski definition) is 7. The third-order valence-corrected chi connectivity index (χ3v) is 4.82. The Labute approximate surface area is 207 Å². The van der Waals surface area contributed by atoms with Crippen LogP contribution in [0.15, 0.2) is 36.4 Å². The van der Waals surface area contributed by atoms with E-state index in [9.17, 15) is 31.9 Å². The predicted molar refractivity (Wildman–Crippen MR) is 123 cm³/mol. The fourth-order valence-electron chi connectivity index (χ4n) is 2.90. The summed E-state index contributed by atoms with van der Waals surface area (Å²) in [6, 6.07) is 6.49. The van der Waals surface area contributed by atoms with Gasteiger partial charge in [0.05, 0.1) is 39.7 Å². The molecule has 14 heteroatoms. The normalized spacial score (nSPS) is 11.6. The van der Waals surface area contributed by atoms with Gasteiger partial charge in [-0.05, 0) is 24.3 Å². The topological polar surface area (TPSA) is 132 Å². The number of nitrogens with one attached hydrogen (secondary N) is 2. The Hall–Kier alpha value is -4.49. The highest BCUT2D eigenvalue weighted by molar-refractivity contribution is 6.04. The summed E-state index contributed by atoms with van der Waals surface area (Å²) < 4.78 is 74.9. The molecule has 2 aromatic carbocycles. The molecule has 0 heterocycles. The second kappa shape index (κ2) is 11.5. The summed E-state index contributed by atoms with van der Waals surface area (Å²) >= 11 is 0. The summed E-state index contributed by atoms with van der Waals surface area (Å²) in [6.45, 7) is 0. The van der Waals surface area contributed by atoms with E-state index in [4.69, 9.17) is 24.1 Å². The van der Waals surface area contributed by atoms with E-state index < -0.39 is 35.3 Å². The number of amides is 2. The molecule has 0 aliphatic carbocycles. The first kappa shape index (κ1) is 28.7. The van der Waals surface area contributed by atoms with Crippen LogP contribution in [0.5, 0.6) is 23.0 Å². The van der Waals surface area contributed by atoms with Crippen molar-refractivity contribution >= 4 is 35.2 Å². The summed E-state index contributed by atoms with van der Waals surface area (Å²) in [4.78, 5) is 34.8. The van der Waals surface area contributed by atoms with E-state index in [1.165, 1.54) is 38.8 Å². The van der Waals surface area contributed by atoms with Crippen molar-refractivity contribution in [3.63, 3.8) is 0 Å². The lowest BCUT2D eigenvalue weighted by Gasteiger charge is -2.22. The number of methoxy groups -OCH3 is 4. The number of benzene rings is 2. The van der Waals surface area contributed by atoms with E-state index in [1.807, 2.05) is 0 Å². The molecule has 0 saturated heterocycles. The van der Waals surface area contributed by atoms with Gasteiger partial charge in [0, 0.05) is 23.9 Å². The molecule has 2 rings (SSSR count).